The quantitative estimate of drug-likeness (QED) is 0.582. The van der Waals surface area contributed by atoms with Crippen LogP contribution in [0.3, 0.4) is 0 Å². The molecule has 2 fully saturated rings. The van der Waals surface area contributed by atoms with E-state index in [-0.39, 0.29) is 0 Å². The highest BCUT2D eigenvalue weighted by Crippen LogP contribution is 2.60. The smallest absolute Gasteiger partial charge is 0.0206 e. The molecule has 0 aromatic carbocycles. The van der Waals surface area contributed by atoms with Gasteiger partial charge in [-0.15, -0.1) is 7.92 Å². The van der Waals surface area contributed by atoms with Gasteiger partial charge in [-0.3, -0.25) is 0 Å². The molecule has 0 radical (unpaired) electrons. The third-order valence-electron chi connectivity index (χ3n) is 3.67. The van der Waals surface area contributed by atoms with Gasteiger partial charge < -0.3 is 0 Å². The van der Waals surface area contributed by atoms with Gasteiger partial charge in [0, 0.05) is 0 Å². The van der Waals surface area contributed by atoms with E-state index in [1.165, 1.54) is 24.2 Å². The molecule has 2 rings (SSSR count). The molecule has 2 bridgehead atoms. The summed E-state index contributed by atoms with van der Waals surface area (Å²) in [6.45, 7) is 4.82. The number of fused-ring (bicyclic) bond motifs is 2. The van der Waals surface area contributed by atoms with Crippen molar-refractivity contribution in [3.63, 3.8) is 0 Å². The molecule has 0 amide bonds. The Morgan fingerprint density at radius 3 is 2.00 bits per heavy atom. The summed E-state index contributed by atoms with van der Waals surface area (Å²) in [5.41, 5.74) is 2.37. The Balaban J connectivity index is 1.99. The van der Waals surface area contributed by atoms with Crippen molar-refractivity contribution in [3.05, 3.63) is 0 Å². The van der Waals surface area contributed by atoms with Gasteiger partial charge in [-0.05, 0) is 49.1 Å². The Labute approximate surface area is 84.2 Å². The molecule has 0 aromatic rings. The molecule has 0 saturated carbocycles. The molecule has 2 aliphatic heterocycles. The highest BCUT2D eigenvalue weighted by atomic mass is 31.1. The number of hydrogen-bond donors (Lipinski definition) is 0. The Hall–Kier alpha value is 0.430. The number of rotatable bonds is 2. The summed E-state index contributed by atoms with van der Waals surface area (Å²) >= 11 is 0. The standard InChI is InChI=1S/C12H23P/c1-10(2)9-13-11-5-3-4-6-12(13)8-7-11/h10-12H,3-9H2,1-2H3/t11-,12+,13?. The molecule has 3 atom stereocenters. The van der Waals surface area contributed by atoms with Crippen LogP contribution < -0.4 is 0 Å². The summed E-state index contributed by atoms with van der Waals surface area (Å²) in [4.78, 5) is 0. The predicted molar refractivity (Wildman–Crippen MR) is 61.9 cm³/mol. The minimum absolute atomic E-state index is 0.451. The van der Waals surface area contributed by atoms with Crippen molar-refractivity contribution in [1.82, 2.24) is 0 Å². The second kappa shape index (κ2) is 4.30. The van der Waals surface area contributed by atoms with Crippen LogP contribution in [-0.4, -0.2) is 17.5 Å². The lowest BCUT2D eigenvalue weighted by atomic mass is 10.0. The fourth-order valence-corrected chi connectivity index (χ4v) is 7.14. The predicted octanol–water partition coefficient (Wildman–Crippen LogP) is 4.23. The maximum atomic E-state index is 2.41. The molecule has 0 spiro atoms. The molecule has 1 heteroatoms. The van der Waals surface area contributed by atoms with Crippen LogP contribution in [0.25, 0.3) is 0 Å². The monoisotopic (exact) mass is 198 g/mol. The average Bonchev–Trinajstić information content (AvgIpc) is 2.24. The van der Waals surface area contributed by atoms with Gasteiger partial charge in [-0.25, -0.2) is 0 Å². The maximum Gasteiger partial charge on any atom is -0.0206 e. The van der Waals surface area contributed by atoms with Crippen LogP contribution in [0.4, 0.5) is 0 Å². The summed E-state index contributed by atoms with van der Waals surface area (Å²) in [5.74, 6) is 0.951. The highest BCUT2D eigenvalue weighted by molar-refractivity contribution is 7.59. The topological polar surface area (TPSA) is 0 Å². The first-order chi connectivity index (χ1) is 6.27. The van der Waals surface area contributed by atoms with Crippen molar-refractivity contribution in [3.8, 4) is 0 Å². The average molecular weight is 198 g/mol. The SMILES string of the molecule is CC(C)CP1[C@@H]2CCCC[C@H]1CC2. The molecule has 1 unspecified atom stereocenters. The van der Waals surface area contributed by atoms with E-state index in [0.717, 1.165) is 5.92 Å². The van der Waals surface area contributed by atoms with Gasteiger partial charge in [0.1, 0.15) is 0 Å². The lowest BCUT2D eigenvalue weighted by Gasteiger charge is -2.24. The molecule has 0 N–H and O–H groups in total. The van der Waals surface area contributed by atoms with E-state index in [4.69, 9.17) is 0 Å². The first kappa shape index (κ1) is 9.97. The molecule has 2 aliphatic rings. The highest BCUT2D eigenvalue weighted by Gasteiger charge is 2.36. The van der Waals surface area contributed by atoms with Crippen molar-refractivity contribution >= 4 is 7.92 Å². The lowest BCUT2D eigenvalue weighted by molar-refractivity contribution is 0.556. The molecule has 2 heterocycles. The molecule has 13 heavy (non-hydrogen) atoms. The van der Waals surface area contributed by atoms with E-state index >= 15 is 0 Å². The molecule has 2 saturated heterocycles. The summed E-state index contributed by atoms with van der Waals surface area (Å²) in [5, 5.41) is 0. The third-order valence-corrected chi connectivity index (χ3v) is 7.73. The van der Waals surface area contributed by atoms with Gasteiger partial charge in [0.2, 0.25) is 0 Å². The van der Waals surface area contributed by atoms with Gasteiger partial charge in [0.25, 0.3) is 0 Å². The zero-order valence-electron chi connectivity index (χ0n) is 9.13. The molecular formula is C12H23P. The van der Waals surface area contributed by atoms with Crippen LogP contribution in [0.1, 0.15) is 52.4 Å². The van der Waals surface area contributed by atoms with Gasteiger partial charge in [-0.1, -0.05) is 26.7 Å². The van der Waals surface area contributed by atoms with Crippen LogP contribution in [0.2, 0.25) is 0 Å². The second-order valence-electron chi connectivity index (χ2n) is 5.26. The van der Waals surface area contributed by atoms with E-state index in [1.54, 1.807) is 31.8 Å². The Bertz CT molecular complexity index is 151. The largest absolute Gasteiger partial charge is 0.100 e. The minimum atomic E-state index is 0.451. The lowest BCUT2D eigenvalue weighted by Crippen LogP contribution is -2.07. The van der Waals surface area contributed by atoms with Gasteiger partial charge in [-0.2, -0.15) is 0 Å². The zero-order valence-corrected chi connectivity index (χ0v) is 10.0. The summed E-state index contributed by atoms with van der Waals surface area (Å²) in [6.07, 6.45) is 11.0. The second-order valence-corrected chi connectivity index (χ2v) is 8.11. The molecule has 0 aliphatic carbocycles. The summed E-state index contributed by atoms with van der Waals surface area (Å²) < 4.78 is 0. The van der Waals surface area contributed by atoms with Crippen LogP contribution in [0.5, 0.6) is 0 Å². The third kappa shape index (κ3) is 2.27. The van der Waals surface area contributed by atoms with E-state index in [0.29, 0.717) is 7.92 Å². The summed E-state index contributed by atoms with van der Waals surface area (Å²) in [7, 11) is 0.451. The fourth-order valence-electron chi connectivity index (χ4n) is 3.11. The summed E-state index contributed by atoms with van der Waals surface area (Å²) in [6, 6.07) is 0. The first-order valence-corrected chi connectivity index (χ1v) is 7.69. The normalized spacial score (nSPS) is 39.5. The van der Waals surface area contributed by atoms with E-state index in [1.807, 2.05) is 0 Å². The van der Waals surface area contributed by atoms with Crippen LogP contribution in [0.15, 0.2) is 0 Å². The van der Waals surface area contributed by atoms with E-state index < -0.39 is 0 Å². The van der Waals surface area contributed by atoms with Crippen molar-refractivity contribution in [2.45, 2.75) is 63.7 Å². The Morgan fingerprint density at radius 1 is 1.00 bits per heavy atom. The van der Waals surface area contributed by atoms with Gasteiger partial charge in [0.15, 0.2) is 0 Å². The minimum Gasteiger partial charge on any atom is -0.100 e. The molecule has 76 valence electrons. The zero-order chi connectivity index (χ0) is 9.26. The van der Waals surface area contributed by atoms with Crippen molar-refractivity contribution in [2.24, 2.45) is 5.92 Å². The van der Waals surface area contributed by atoms with E-state index in [2.05, 4.69) is 13.8 Å². The Morgan fingerprint density at radius 2 is 1.54 bits per heavy atom. The van der Waals surface area contributed by atoms with Crippen molar-refractivity contribution < 1.29 is 0 Å². The van der Waals surface area contributed by atoms with Gasteiger partial charge in [0.05, 0.1) is 0 Å². The maximum absolute atomic E-state index is 2.41. The Kier molecular flexibility index (Phi) is 3.30. The van der Waals surface area contributed by atoms with Crippen LogP contribution in [-0.2, 0) is 0 Å². The molecular weight excluding hydrogens is 175 g/mol. The molecule has 0 aromatic heterocycles. The van der Waals surface area contributed by atoms with Gasteiger partial charge >= 0.3 is 0 Å². The van der Waals surface area contributed by atoms with Crippen molar-refractivity contribution in [2.75, 3.05) is 6.16 Å². The van der Waals surface area contributed by atoms with E-state index in [9.17, 15) is 0 Å². The first-order valence-electron chi connectivity index (χ1n) is 6.03. The molecule has 0 nitrogen and oxygen atoms in total. The van der Waals surface area contributed by atoms with Crippen LogP contribution >= 0.6 is 7.92 Å². The van der Waals surface area contributed by atoms with Crippen molar-refractivity contribution in [1.29, 1.82) is 0 Å². The number of hydrogen-bond acceptors (Lipinski definition) is 0. The van der Waals surface area contributed by atoms with Crippen LogP contribution in [0, 0.1) is 5.92 Å². The fraction of sp³-hybridized carbons (Fsp3) is 1.00.